The Morgan fingerprint density at radius 2 is 2.00 bits per heavy atom. The van der Waals surface area contributed by atoms with E-state index in [-0.39, 0.29) is 5.78 Å². The van der Waals surface area contributed by atoms with E-state index >= 15 is 0 Å². The average molecular weight is 244 g/mol. The van der Waals surface area contributed by atoms with E-state index < -0.39 is 0 Å². The summed E-state index contributed by atoms with van der Waals surface area (Å²) in [5, 5.41) is 1.83. The van der Waals surface area contributed by atoms with Gasteiger partial charge in [-0.25, -0.2) is 0 Å². The van der Waals surface area contributed by atoms with E-state index in [1.54, 1.807) is 0 Å². The number of rotatable bonds is 4. The molecule has 17 heavy (non-hydrogen) atoms. The Labute approximate surface area is 104 Å². The third-order valence-corrected chi connectivity index (χ3v) is 3.57. The van der Waals surface area contributed by atoms with Crippen LogP contribution in [-0.4, -0.2) is 12.1 Å². The summed E-state index contributed by atoms with van der Waals surface area (Å²) in [6.07, 6.45) is 1.36. The summed E-state index contributed by atoms with van der Waals surface area (Å²) in [6, 6.07) is 9.36. The average Bonchev–Trinajstić information content (AvgIpc) is 2.87. The third kappa shape index (κ3) is 2.50. The summed E-state index contributed by atoms with van der Waals surface area (Å²) >= 11 is 1.53. The van der Waals surface area contributed by atoms with Gasteiger partial charge in [-0.3, -0.25) is 9.59 Å². The SMILES string of the molecule is CCC(=O)c1ccc(-c2cc(C=O)cs2)cc1. The molecule has 0 unspecified atom stereocenters. The van der Waals surface area contributed by atoms with Crippen LogP contribution < -0.4 is 0 Å². The Morgan fingerprint density at radius 3 is 2.53 bits per heavy atom. The van der Waals surface area contributed by atoms with E-state index in [0.717, 1.165) is 22.3 Å². The number of hydrogen-bond donors (Lipinski definition) is 0. The number of aldehydes is 1. The molecule has 1 aromatic carbocycles. The zero-order valence-corrected chi connectivity index (χ0v) is 10.3. The van der Waals surface area contributed by atoms with Crippen LogP contribution in [0.1, 0.15) is 34.1 Å². The van der Waals surface area contributed by atoms with Crippen molar-refractivity contribution in [1.29, 1.82) is 0 Å². The van der Waals surface area contributed by atoms with E-state index in [4.69, 9.17) is 0 Å². The van der Waals surface area contributed by atoms with Crippen LogP contribution in [0, 0.1) is 0 Å². The largest absolute Gasteiger partial charge is 0.298 e. The summed E-state index contributed by atoms with van der Waals surface area (Å²) in [4.78, 5) is 23.1. The highest BCUT2D eigenvalue weighted by Gasteiger charge is 2.05. The molecule has 0 N–H and O–H groups in total. The van der Waals surface area contributed by atoms with Gasteiger partial charge >= 0.3 is 0 Å². The molecule has 0 aliphatic heterocycles. The lowest BCUT2D eigenvalue weighted by Crippen LogP contribution is -1.95. The first-order valence-corrected chi connectivity index (χ1v) is 6.30. The van der Waals surface area contributed by atoms with Gasteiger partial charge in [0.25, 0.3) is 0 Å². The zero-order chi connectivity index (χ0) is 12.3. The number of carbonyl (C=O) groups is 2. The Kier molecular flexibility index (Phi) is 3.49. The first-order valence-electron chi connectivity index (χ1n) is 5.42. The number of Topliss-reactive ketones (excluding diaryl/α,β-unsaturated/α-hetero) is 1. The lowest BCUT2D eigenvalue weighted by Gasteiger charge is -2.00. The lowest BCUT2D eigenvalue weighted by molar-refractivity contribution is 0.0988. The molecule has 1 aromatic heterocycles. The van der Waals surface area contributed by atoms with Crippen LogP contribution in [0.2, 0.25) is 0 Å². The van der Waals surface area contributed by atoms with Crippen LogP contribution in [0.3, 0.4) is 0 Å². The highest BCUT2D eigenvalue weighted by Crippen LogP contribution is 2.26. The quantitative estimate of drug-likeness (QED) is 0.605. The van der Waals surface area contributed by atoms with Crippen molar-refractivity contribution in [3.8, 4) is 10.4 Å². The first-order chi connectivity index (χ1) is 8.24. The van der Waals surface area contributed by atoms with Gasteiger partial charge in [0, 0.05) is 27.8 Å². The highest BCUT2D eigenvalue weighted by atomic mass is 32.1. The van der Waals surface area contributed by atoms with Gasteiger partial charge in [-0.1, -0.05) is 31.2 Å². The molecule has 2 rings (SSSR count). The Morgan fingerprint density at radius 1 is 1.29 bits per heavy atom. The number of benzene rings is 1. The number of ketones is 1. The van der Waals surface area contributed by atoms with Crippen molar-refractivity contribution >= 4 is 23.4 Å². The van der Waals surface area contributed by atoms with Crippen LogP contribution in [0.4, 0.5) is 0 Å². The fraction of sp³-hybridized carbons (Fsp3) is 0.143. The van der Waals surface area contributed by atoms with Gasteiger partial charge in [-0.05, 0) is 11.6 Å². The minimum Gasteiger partial charge on any atom is -0.298 e. The monoisotopic (exact) mass is 244 g/mol. The molecule has 0 radical (unpaired) electrons. The van der Waals surface area contributed by atoms with Crippen molar-refractivity contribution in [3.63, 3.8) is 0 Å². The first kappa shape index (κ1) is 11.7. The molecule has 3 heteroatoms. The molecule has 0 saturated carbocycles. The molecule has 0 fully saturated rings. The fourth-order valence-corrected chi connectivity index (χ4v) is 2.45. The van der Waals surface area contributed by atoms with Gasteiger partial charge in [-0.2, -0.15) is 0 Å². The Bertz CT molecular complexity index is 538. The lowest BCUT2D eigenvalue weighted by atomic mass is 10.1. The molecular formula is C14H12O2S. The van der Waals surface area contributed by atoms with Crippen molar-refractivity contribution < 1.29 is 9.59 Å². The Balaban J connectivity index is 2.28. The Hall–Kier alpha value is -1.74. The summed E-state index contributed by atoms with van der Waals surface area (Å²) in [7, 11) is 0. The van der Waals surface area contributed by atoms with Crippen molar-refractivity contribution in [2.24, 2.45) is 0 Å². The van der Waals surface area contributed by atoms with Crippen molar-refractivity contribution in [2.45, 2.75) is 13.3 Å². The normalized spacial score (nSPS) is 10.2. The van der Waals surface area contributed by atoms with E-state index in [0.29, 0.717) is 12.0 Å². The second-order valence-electron chi connectivity index (χ2n) is 3.72. The highest BCUT2D eigenvalue weighted by molar-refractivity contribution is 7.13. The maximum atomic E-state index is 11.5. The van der Waals surface area contributed by atoms with Crippen molar-refractivity contribution in [1.82, 2.24) is 0 Å². The van der Waals surface area contributed by atoms with Crippen molar-refractivity contribution in [2.75, 3.05) is 0 Å². The molecule has 1 heterocycles. The van der Waals surface area contributed by atoms with Crippen LogP contribution >= 0.6 is 11.3 Å². The number of hydrogen-bond acceptors (Lipinski definition) is 3. The van der Waals surface area contributed by atoms with Gasteiger partial charge in [0.1, 0.15) is 0 Å². The molecule has 0 bridgehead atoms. The topological polar surface area (TPSA) is 34.1 Å². The molecule has 86 valence electrons. The molecule has 0 spiro atoms. The summed E-state index contributed by atoms with van der Waals surface area (Å²) in [6.45, 7) is 1.85. The molecule has 0 aliphatic carbocycles. The van der Waals surface area contributed by atoms with E-state index in [2.05, 4.69) is 0 Å². The van der Waals surface area contributed by atoms with Crippen LogP contribution in [0.25, 0.3) is 10.4 Å². The molecule has 2 aromatic rings. The molecule has 0 saturated heterocycles. The van der Waals surface area contributed by atoms with Crippen LogP contribution in [-0.2, 0) is 0 Å². The van der Waals surface area contributed by atoms with Gasteiger partial charge in [-0.15, -0.1) is 11.3 Å². The van der Waals surface area contributed by atoms with E-state index in [1.165, 1.54) is 11.3 Å². The standard InChI is InChI=1S/C14H12O2S/c1-2-13(16)11-3-5-12(6-4-11)14-7-10(8-15)9-17-14/h3-9H,2H2,1H3. The van der Waals surface area contributed by atoms with Gasteiger partial charge in [0.15, 0.2) is 12.1 Å². The second kappa shape index (κ2) is 5.06. The smallest absolute Gasteiger partial charge is 0.162 e. The minimum absolute atomic E-state index is 0.149. The number of thiophene rings is 1. The molecular weight excluding hydrogens is 232 g/mol. The third-order valence-electron chi connectivity index (χ3n) is 2.57. The molecule has 2 nitrogen and oxygen atoms in total. The van der Waals surface area contributed by atoms with Crippen LogP contribution in [0.15, 0.2) is 35.7 Å². The van der Waals surface area contributed by atoms with E-state index in [9.17, 15) is 9.59 Å². The second-order valence-corrected chi connectivity index (χ2v) is 4.63. The van der Waals surface area contributed by atoms with Gasteiger partial charge < -0.3 is 0 Å². The molecule has 0 aliphatic rings. The van der Waals surface area contributed by atoms with Crippen LogP contribution in [0.5, 0.6) is 0 Å². The fourth-order valence-electron chi connectivity index (χ4n) is 1.59. The number of carbonyl (C=O) groups excluding carboxylic acids is 2. The zero-order valence-electron chi connectivity index (χ0n) is 9.47. The van der Waals surface area contributed by atoms with Gasteiger partial charge in [0.05, 0.1) is 0 Å². The predicted molar refractivity (Wildman–Crippen MR) is 69.8 cm³/mol. The molecule has 0 atom stereocenters. The van der Waals surface area contributed by atoms with Gasteiger partial charge in [0.2, 0.25) is 0 Å². The molecule has 0 amide bonds. The van der Waals surface area contributed by atoms with E-state index in [1.807, 2.05) is 42.6 Å². The summed E-state index contributed by atoms with van der Waals surface area (Å²) < 4.78 is 0. The summed E-state index contributed by atoms with van der Waals surface area (Å²) in [5.41, 5.74) is 2.47. The maximum absolute atomic E-state index is 11.5. The summed E-state index contributed by atoms with van der Waals surface area (Å²) in [5.74, 6) is 0.149. The maximum Gasteiger partial charge on any atom is 0.162 e. The predicted octanol–water partition coefficient (Wildman–Crippen LogP) is 3.82. The minimum atomic E-state index is 0.149. The van der Waals surface area contributed by atoms with Crippen molar-refractivity contribution in [3.05, 3.63) is 46.8 Å².